The molecule has 1 aromatic heterocycles. The van der Waals surface area contributed by atoms with Gasteiger partial charge in [-0.1, -0.05) is 13.0 Å². The summed E-state index contributed by atoms with van der Waals surface area (Å²) < 4.78 is 31.9. The van der Waals surface area contributed by atoms with E-state index in [1.165, 1.54) is 13.2 Å². The average molecular weight is 377 g/mol. The van der Waals surface area contributed by atoms with Crippen molar-refractivity contribution in [1.82, 2.24) is 14.6 Å². The summed E-state index contributed by atoms with van der Waals surface area (Å²) in [6, 6.07) is 8.25. The maximum Gasteiger partial charge on any atom is 0.243 e. The lowest BCUT2D eigenvalue weighted by Gasteiger charge is -2.20. The first-order valence-corrected chi connectivity index (χ1v) is 9.63. The van der Waals surface area contributed by atoms with Gasteiger partial charge in [0.1, 0.15) is 5.75 Å². The molecule has 1 N–H and O–H groups in total. The Balaban J connectivity index is 2.08. The Morgan fingerprint density at radius 1 is 1.31 bits per heavy atom. The average Bonchev–Trinajstić information content (AvgIpc) is 2.65. The number of amides is 1. The maximum absolute atomic E-state index is 12.8. The number of nitrogens with zero attached hydrogens (tertiary/aromatic N) is 2. The summed E-state index contributed by atoms with van der Waals surface area (Å²) in [5.41, 5.74) is 1.56. The summed E-state index contributed by atoms with van der Waals surface area (Å²) >= 11 is 0. The Labute approximate surface area is 154 Å². The van der Waals surface area contributed by atoms with Crippen LogP contribution < -0.4 is 10.1 Å². The Morgan fingerprint density at radius 3 is 2.65 bits per heavy atom. The molecule has 2 rings (SSSR count). The van der Waals surface area contributed by atoms with Gasteiger partial charge in [0, 0.05) is 25.5 Å². The number of aryl methyl sites for hydroxylation is 1. The quantitative estimate of drug-likeness (QED) is 0.757. The third kappa shape index (κ3) is 4.80. The highest BCUT2D eigenvalue weighted by Crippen LogP contribution is 2.23. The van der Waals surface area contributed by atoms with Crippen molar-refractivity contribution >= 4 is 15.9 Å². The zero-order valence-corrected chi connectivity index (χ0v) is 15.9. The number of ether oxygens (including phenoxy) is 1. The fraction of sp³-hybridized carbons (Fsp3) is 0.333. The molecule has 2 aromatic rings. The summed E-state index contributed by atoms with van der Waals surface area (Å²) in [6.07, 6.45) is 3.29. The Hall–Kier alpha value is -2.45. The van der Waals surface area contributed by atoms with Crippen molar-refractivity contribution in [3.8, 4) is 5.75 Å². The number of carbonyl (C=O) groups is 1. The summed E-state index contributed by atoms with van der Waals surface area (Å²) in [7, 11) is -2.24. The Morgan fingerprint density at radius 2 is 2.08 bits per heavy atom. The van der Waals surface area contributed by atoms with Crippen LogP contribution in [0.2, 0.25) is 0 Å². The van der Waals surface area contributed by atoms with Gasteiger partial charge in [0.05, 0.1) is 18.6 Å². The zero-order chi connectivity index (χ0) is 19.2. The number of nitrogens with one attached hydrogen (secondary N) is 1. The fourth-order valence-corrected chi connectivity index (χ4v) is 3.94. The lowest BCUT2D eigenvalue weighted by atomic mass is 10.2. The summed E-state index contributed by atoms with van der Waals surface area (Å²) in [5, 5.41) is 2.71. The highest BCUT2D eigenvalue weighted by molar-refractivity contribution is 7.89. The van der Waals surface area contributed by atoms with Crippen molar-refractivity contribution in [1.29, 1.82) is 0 Å². The van der Waals surface area contributed by atoms with E-state index in [0.717, 1.165) is 9.87 Å². The minimum Gasteiger partial charge on any atom is -0.496 e. The van der Waals surface area contributed by atoms with Crippen LogP contribution in [0.5, 0.6) is 5.75 Å². The zero-order valence-electron chi connectivity index (χ0n) is 15.1. The molecule has 0 fully saturated rings. The minimum absolute atomic E-state index is 0.137. The molecular formula is C18H23N3O4S. The number of methoxy groups -OCH3 is 1. The van der Waals surface area contributed by atoms with E-state index in [9.17, 15) is 13.2 Å². The van der Waals surface area contributed by atoms with E-state index in [2.05, 4.69) is 10.3 Å². The largest absolute Gasteiger partial charge is 0.496 e. The number of carbonyl (C=O) groups excluding carboxylic acids is 1. The molecule has 0 spiro atoms. The second-order valence-corrected chi connectivity index (χ2v) is 7.64. The van der Waals surface area contributed by atoms with Crippen LogP contribution in [-0.2, 0) is 21.4 Å². The molecule has 1 aromatic carbocycles. The normalized spacial score (nSPS) is 11.4. The number of hydrogen-bond donors (Lipinski definition) is 1. The van der Waals surface area contributed by atoms with E-state index in [1.807, 2.05) is 6.07 Å². The SMILES string of the molecule is CCN(CC(=O)NCc1cccnc1)S(=O)(=O)c1ccc(OC)c(C)c1. The van der Waals surface area contributed by atoms with Crippen molar-refractivity contribution < 1.29 is 17.9 Å². The summed E-state index contributed by atoms with van der Waals surface area (Å²) in [6.45, 7) is 3.71. The Kier molecular flexibility index (Phi) is 6.70. The van der Waals surface area contributed by atoms with Crippen molar-refractivity contribution in [2.75, 3.05) is 20.2 Å². The molecule has 1 amide bonds. The number of pyridine rings is 1. The third-order valence-electron chi connectivity index (χ3n) is 3.89. The molecule has 0 aliphatic carbocycles. The van der Waals surface area contributed by atoms with Gasteiger partial charge >= 0.3 is 0 Å². The minimum atomic E-state index is -3.77. The van der Waals surface area contributed by atoms with Gasteiger partial charge in [0.25, 0.3) is 0 Å². The molecular weight excluding hydrogens is 354 g/mol. The van der Waals surface area contributed by atoms with Gasteiger partial charge in [-0.3, -0.25) is 9.78 Å². The molecule has 0 aliphatic heterocycles. The van der Waals surface area contributed by atoms with Gasteiger partial charge in [0.2, 0.25) is 15.9 Å². The molecule has 7 nitrogen and oxygen atoms in total. The van der Waals surface area contributed by atoms with Gasteiger partial charge in [-0.15, -0.1) is 0 Å². The number of hydrogen-bond acceptors (Lipinski definition) is 5. The summed E-state index contributed by atoms with van der Waals surface area (Å²) in [5.74, 6) is 0.241. The first-order valence-electron chi connectivity index (χ1n) is 8.19. The molecule has 0 saturated carbocycles. The Bertz CT molecular complexity index is 854. The van der Waals surface area contributed by atoms with Gasteiger partial charge in [-0.05, 0) is 42.3 Å². The predicted molar refractivity (Wildman–Crippen MR) is 98.2 cm³/mol. The van der Waals surface area contributed by atoms with Crippen molar-refractivity contribution in [3.63, 3.8) is 0 Å². The molecule has 0 saturated heterocycles. The number of rotatable bonds is 8. The van der Waals surface area contributed by atoms with Gasteiger partial charge in [-0.2, -0.15) is 4.31 Å². The number of aromatic nitrogens is 1. The topological polar surface area (TPSA) is 88.6 Å². The van der Waals surface area contributed by atoms with Crippen LogP contribution in [0.25, 0.3) is 0 Å². The highest BCUT2D eigenvalue weighted by Gasteiger charge is 2.25. The van der Waals surface area contributed by atoms with Gasteiger partial charge < -0.3 is 10.1 Å². The maximum atomic E-state index is 12.8. The smallest absolute Gasteiger partial charge is 0.243 e. The van der Waals surface area contributed by atoms with E-state index >= 15 is 0 Å². The third-order valence-corrected chi connectivity index (χ3v) is 5.81. The van der Waals surface area contributed by atoms with Crippen molar-refractivity contribution in [2.45, 2.75) is 25.3 Å². The van der Waals surface area contributed by atoms with Gasteiger partial charge in [0.15, 0.2) is 0 Å². The monoisotopic (exact) mass is 377 g/mol. The molecule has 0 aliphatic rings. The van der Waals surface area contributed by atoms with E-state index < -0.39 is 10.0 Å². The van der Waals surface area contributed by atoms with Crippen LogP contribution in [0.4, 0.5) is 0 Å². The van der Waals surface area contributed by atoms with Crippen molar-refractivity contribution in [2.24, 2.45) is 0 Å². The van der Waals surface area contributed by atoms with Crippen LogP contribution in [0.15, 0.2) is 47.6 Å². The second kappa shape index (κ2) is 8.77. The molecule has 0 radical (unpaired) electrons. The van der Waals surface area contributed by atoms with E-state index in [0.29, 0.717) is 17.9 Å². The van der Waals surface area contributed by atoms with Crippen LogP contribution in [-0.4, -0.2) is 43.8 Å². The fourth-order valence-electron chi connectivity index (χ4n) is 2.45. The molecule has 8 heteroatoms. The van der Waals surface area contributed by atoms with Crippen molar-refractivity contribution in [3.05, 3.63) is 53.9 Å². The van der Waals surface area contributed by atoms with E-state index in [1.54, 1.807) is 44.4 Å². The lowest BCUT2D eigenvalue weighted by molar-refractivity contribution is -0.121. The molecule has 0 atom stereocenters. The predicted octanol–water partition coefficient (Wildman–Crippen LogP) is 1.73. The number of benzene rings is 1. The van der Waals surface area contributed by atoms with E-state index in [4.69, 9.17) is 4.74 Å². The standard InChI is InChI=1S/C18H23N3O4S/c1-4-21(13-18(22)20-12-15-6-5-9-19-11-15)26(23,24)16-7-8-17(25-3)14(2)10-16/h5-11H,4,12-13H2,1-3H3,(H,20,22). The molecule has 26 heavy (non-hydrogen) atoms. The molecule has 1 heterocycles. The number of likely N-dealkylation sites (N-methyl/N-ethyl adjacent to an activating group) is 1. The molecule has 0 unspecified atom stereocenters. The van der Waals surface area contributed by atoms with Gasteiger partial charge in [-0.25, -0.2) is 8.42 Å². The van der Waals surface area contributed by atoms with Crippen LogP contribution in [0.1, 0.15) is 18.1 Å². The lowest BCUT2D eigenvalue weighted by Crippen LogP contribution is -2.40. The first kappa shape index (κ1) is 19.9. The van der Waals surface area contributed by atoms with Crippen LogP contribution in [0, 0.1) is 6.92 Å². The molecule has 140 valence electrons. The first-order chi connectivity index (χ1) is 12.4. The van der Waals surface area contributed by atoms with E-state index in [-0.39, 0.29) is 23.9 Å². The van der Waals surface area contributed by atoms with Crippen LogP contribution >= 0.6 is 0 Å². The van der Waals surface area contributed by atoms with Crippen LogP contribution in [0.3, 0.4) is 0 Å². The number of sulfonamides is 1. The second-order valence-electron chi connectivity index (χ2n) is 5.70. The summed E-state index contributed by atoms with van der Waals surface area (Å²) in [4.78, 5) is 16.3. The highest BCUT2D eigenvalue weighted by atomic mass is 32.2. The molecule has 0 bridgehead atoms.